The van der Waals surface area contributed by atoms with Crippen molar-refractivity contribution in [3.05, 3.63) is 40.5 Å². The zero-order valence-electron chi connectivity index (χ0n) is 9.96. The second kappa shape index (κ2) is 6.64. The molecule has 0 aromatic carbocycles. The summed E-state index contributed by atoms with van der Waals surface area (Å²) < 4.78 is 0. The second-order valence-corrected chi connectivity index (χ2v) is 4.41. The minimum atomic E-state index is -0.240. The van der Waals surface area contributed by atoms with Crippen molar-refractivity contribution >= 4 is 23.1 Å². The van der Waals surface area contributed by atoms with Gasteiger partial charge in [0.25, 0.3) is 5.91 Å². The second-order valence-electron chi connectivity index (χ2n) is 3.52. The summed E-state index contributed by atoms with van der Waals surface area (Å²) in [5.74, 6) is 5.89. The van der Waals surface area contributed by atoms with Gasteiger partial charge in [0, 0.05) is 18.2 Å². The Hall–Kier alpha value is -2.23. The molecule has 0 aliphatic carbocycles. The van der Waals surface area contributed by atoms with Crippen molar-refractivity contribution < 1.29 is 9.90 Å². The molecule has 6 heteroatoms. The first-order valence-corrected chi connectivity index (χ1v) is 6.43. The largest absolute Gasteiger partial charge is 0.395 e. The van der Waals surface area contributed by atoms with Gasteiger partial charge in [-0.25, -0.2) is 4.98 Å². The SMILES string of the molecule is O=C(Nc1cc(C#CCCO)ccn1)c1cncs1. The van der Waals surface area contributed by atoms with E-state index < -0.39 is 0 Å². The fourth-order valence-corrected chi connectivity index (χ4v) is 1.82. The molecule has 2 aromatic rings. The quantitative estimate of drug-likeness (QED) is 0.831. The Bertz CT molecular complexity index is 614. The van der Waals surface area contributed by atoms with Gasteiger partial charge in [-0.15, -0.1) is 11.3 Å². The molecular formula is C13H11N3O2S. The third-order valence-corrected chi connectivity index (χ3v) is 2.90. The first kappa shape index (κ1) is 13.2. The van der Waals surface area contributed by atoms with E-state index in [1.807, 2.05) is 0 Å². The lowest BCUT2D eigenvalue weighted by Gasteiger charge is -2.02. The average molecular weight is 273 g/mol. The maximum absolute atomic E-state index is 11.8. The molecule has 0 unspecified atom stereocenters. The van der Waals surface area contributed by atoms with Crippen molar-refractivity contribution in [2.45, 2.75) is 6.42 Å². The number of anilines is 1. The normalized spacial score (nSPS) is 9.53. The summed E-state index contributed by atoms with van der Waals surface area (Å²) >= 11 is 1.26. The fraction of sp³-hybridized carbons (Fsp3) is 0.154. The predicted molar refractivity (Wildman–Crippen MR) is 72.9 cm³/mol. The highest BCUT2D eigenvalue weighted by atomic mass is 32.1. The summed E-state index contributed by atoms with van der Waals surface area (Å²) in [6.07, 6.45) is 3.50. The van der Waals surface area contributed by atoms with Crippen LogP contribution in [-0.4, -0.2) is 27.6 Å². The van der Waals surface area contributed by atoms with Crippen LogP contribution in [0.1, 0.15) is 21.7 Å². The maximum Gasteiger partial charge on any atom is 0.268 e. The van der Waals surface area contributed by atoms with Crippen LogP contribution in [-0.2, 0) is 0 Å². The van der Waals surface area contributed by atoms with E-state index in [0.717, 1.165) is 5.56 Å². The number of nitrogens with zero attached hydrogens (tertiary/aromatic N) is 2. The minimum absolute atomic E-state index is 0.0348. The van der Waals surface area contributed by atoms with Gasteiger partial charge in [0.15, 0.2) is 0 Å². The molecule has 0 radical (unpaired) electrons. The van der Waals surface area contributed by atoms with Gasteiger partial charge in [-0.1, -0.05) is 11.8 Å². The van der Waals surface area contributed by atoms with E-state index in [1.165, 1.54) is 17.5 Å². The summed E-state index contributed by atoms with van der Waals surface area (Å²) in [5, 5.41) is 11.3. The summed E-state index contributed by atoms with van der Waals surface area (Å²) in [6, 6.07) is 3.43. The number of rotatable bonds is 3. The maximum atomic E-state index is 11.8. The van der Waals surface area contributed by atoms with Gasteiger partial charge in [-0.05, 0) is 12.1 Å². The molecule has 0 aliphatic heterocycles. The van der Waals surface area contributed by atoms with Gasteiger partial charge < -0.3 is 10.4 Å². The van der Waals surface area contributed by atoms with Crippen LogP contribution < -0.4 is 5.32 Å². The van der Waals surface area contributed by atoms with E-state index in [4.69, 9.17) is 5.11 Å². The molecule has 0 spiro atoms. The fourth-order valence-electron chi connectivity index (χ4n) is 1.30. The van der Waals surface area contributed by atoms with Crippen molar-refractivity contribution in [2.24, 2.45) is 0 Å². The summed E-state index contributed by atoms with van der Waals surface area (Å²) in [7, 11) is 0. The van der Waals surface area contributed by atoms with E-state index in [1.54, 1.807) is 23.8 Å². The Morgan fingerprint density at radius 2 is 2.42 bits per heavy atom. The number of thiazole rings is 1. The molecule has 1 amide bonds. The molecule has 0 fully saturated rings. The van der Waals surface area contributed by atoms with Gasteiger partial charge in [-0.2, -0.15) is 0 Å². The Kier molecular flexibility index (Phi) is 4.61. The molecule has 0 aliphatic rings. The van der Waals surface area contributed by atoms with Crippen LogP contribution in [0.2, 0.25) is 0 Å². The molecule has 0 bridgehead atoms. The van der Waals surface area contributed by atoms with Crippen LogP contribution >= 0.6 is 11.3 Å². The number of amides is 1. The van der Waals surface area contributed by atoms with Crippen molar-refractivity contribution in [1.29, 1.82) is 0 Å². The van der Waals surface area contributed by atoms with Crippen LogP contribution in [0.15, 0.2) is 30.0 Å². The first-order chi connectivity index (χ1) is 9.29. The van der Waals surface area contributed by atoms with Crippen LogP contribution in [0, 0.1) is 11.8 Å². The predicted octanol–water partition coefficient (Wildman–Crippen LogP) is 1.52. The zero-order valence-corrected chi connectivity index (χ0v) is 10.8. The molecule has 0 saturated heterocycles. The highest BCUT2D eigenvalue weighted by Crippen LogP contribution is 2.10. The average Bonchev–Trinajstić information content (AvgIpc) is 2.93. The number of pyridine rings is 1. The number of aliphatic hydroxyl groups excluding tert-OH is 1. The topological polar surface area (TPSA) is 75.1 Å². The molecule has 0 saturated carbocycles. The minimum Gasteiger partial charge on any atom is -0.395 e. The van der Waals surface area contributed by atoms with E-state index in [-0.39, 0.29) is 12.5 Å². The molecule has 2 aromatic heterocycles. The van der Waals surface area contributed by atoms with Crippen molar-refractivity contribution in [2.75, 3.05) is 11.9 Å². The number of hydrogen-bond donors (Lipinski definition) is 2. The monoisotopic (exact) mass is 273 g/mol. The number of nitrogens with one attached hydrogen (secondary N) is 1. The van der Waals surface area contributed by atoms with E-state index in [9.17, 15) is 4.79 Å². The zero-order chi connectivity index (χ0) is 13.5. The van der Waals surface area contributed by atoms with Crippen molar-refractivity contribution in [3.8, 4) is 11.8 Å². The number of aliphatic hydroxyl groups is 1. The summed E-state index contributed by atoms with van der Waals surface area (Å²) in [6.45, 7) is 0.0348. The summed E-state index contributed by atoms with van der Waals surface area (Å²) in [4.78, 5) is 20.2. The lowest BCUT2D eigenvalue weighted by atomic mass is 10.2. The smallest absolute Gasteiger partial charge is 0.268 e. The van der Waals surface area contributed by atoms with Crippen LogP contribution in [0.3, 0.4) is 0 Å². The third-order valence-electron chi connectivity index (χ3n) is 2.13. The van der Waals surface area contributed by atoms with E-state index in [0.29, 0.717) is 17.1 Å². The molecule has 19 heavy (non-hydrogen) atoms. The highest BCUT2D eigenvalue weighted by Gasteiger charge is 2.08. The van der Waals surface area contributed by atoms with Gasteiger partial charge in [0.05, 0.1) is 18.3 Å². The lowest BCUT2D eigenvalue weighted by molar-refractivity contribution is 0.103. The first-order valence-electron chi connectivity index (χ1n) is 5.55. The molecule has 2 heterocycles. The van der Waals surface area contributed by atoms with Gasteiger partial charge >= 0.3 is 0 Å². The molecule has 0 atom stereocenters. The molecule has 96 valence electrons. The van der Waals surface area contributed by atoms with Crippen LogP contribution in [0.25, 0.3) is 0 Å². The standard InChI is InChI=1S/C13H11N3O2S/c17-6-2-1-3-10-4-5-15-12(7-10)16-13(18)11-8-14-9-19-11/h4-5,7-9,17H,2,6H2,(H,15,16,18). The Labute approximate surface area is 114 Å². The van der Waals surface area contributed by atoms with Crippen LogP contribution in [0.5, 0.6) is 0 Å². The Morgan fingerprint density at radius 3 is 3.16 bits per heavy atom. The number of carbonyl (C=O) groups is 1. The number of carbonyl (C=O) groups excluding carboxylic acids is 1. The van der Waals surface area contributed by atoms with E-state index >= 15 is 0 Å². The molecule has 2 N–H and O–H groups in total. The van der Waals surface area contributed by atoms with Gasteiger partial charge in [0.2, 0.25) is 0 Å². The van der Waals surface area contributed by atoms with Gasteiger partial charge in [0.1, 0.15) is 10.7 Å². The molecule has 5 nitrogen and oxygen atoms in total. The Balaban J connectivity index is 2.07. The highest BCUT2D eigenvalue weighted by molar-refractivity contribution is 7.11. The lowest BCUT2D eigenvalue weighted by Crippen LogP contribution is -2.11. The third kappa shape index (κ3) is 3.88. The van der Waals surface area contributed by atoms with E-state index in [2.05, 4.69) is 27.1 Å². The summed E-state index contributed by atoms with van der Waals surface area (Å²) in [5.41, 5.74) is 2.34. The van der Waals surface area contributed by atoms with Gasteiger partial charge in [-0.3, -0.25) is 9.78 Å². The Morgan fingerprint density at radius 1 is 1.53 bits per heavy atom. The van der Waals surface area contributed by atoms with Crippen LogP contribution in [0.4, 0.5) is 5.82 Å². The molecule has 2 rings (SSSR count). The number of aromatic nitrogens is 2. The van der Waals surface area contributed by atoms with Crippen molar-refractivity contribution in [1.82, 2.24) is 9.97 Å². The molecular weight excluding hydrogens is 262 g/mol. The number of hydrogen-bond acceptors (Lipinski definition) is 5. The van der Waals surface area contributed by atoms with Crippen molar-refractivity contribution in [3.63, 3.8) is 0 Å².